The van der Waals surface area contributed by atoms with E-state index in [1.807, 2.05) is 6.92 Å². The highest BCUT2D eigenvalue weighted by Crippen LogP contribution is 2.33. The van der Waals surface area contributed by atoms with Gasteiger partial charge in [-0.05, 0) is 29.9 Å². The number of rotatable bonds is 5. The number of aliphatic hydroxyl groups is 1. The molecular weight excluding hydrogens is 268 g/mol. The number of benzene rings is 1. The first-order chi connectivity index (χ1) is 8.36. The van der Waals surface area contributed by atoms with Crippen LogP contribution in [0.5, 0.6) is 0 Å². The Bertz CT molecular complexity index is 392. The molecule has 0 aliphatic rings. The second-order valence-corrected chi connectivity index (χ2v) is 4.98. The second kappa shape index (κ2) is 6.43. The number of alkyl halides is 3. The smallest absolute Gasteiger partial charge is 0.388 e. The van der Waals surface area contributed by atoms with Crippen molar-refractivity contribution in [3.63, 3.8) is 0 Å². The van der Waals surface area contributed by atoms with Gasteiger partial charge >= 0.3 is 6.18 Å². The fraction of sp³-hybridized carbons (Fsp3) is 0.500. The van der Waals surface area contributed by atoms with Crippen LogP contribution in [-0.2, 0) is 6.18 Å². The minimum Gasteiger partial charge on any atom is -0.388 e. The van der Waals surface area contributed by atoms with Gasteiger partial charge in [-0.15, -0.1) is 0 Å². The Kier molecular flexibility index (Phi) is 5.47. The lowest BCUT2D eigenvalue weighted by Crippen LogP contribution is -2.10. The van der Waals surface area contributed by atoms with Gasteiger partial charge in [0.05, 0.1) is 11.7 Å². The molecule has 1 N–H and O–H groups in total. The van der Waals surface area contributed by atoms with Gasteiger partial charge in [0, 0.05) is 5.75 Å². The van der Waals surface area contributed by atoms with Gasteiger partial charge < -0.3 is 5.11 Å². The summed E-state index contributed by atoms with van der Waals surface area (Å²) in [6.45, 7) is 1.97. The molecule has 1 unspecified atom stereocenters. The average molecular weight is 282 g/mol. The molecule has 1 aromatic rings. The number of hydrogen-bond donors (Lipinski definition) is 1. The Hall–Kier alpha value is -0.750. The molecular formula is C12H14F4OS. The molecule has 102 valence electrons. The van der Waals surface area contributed by atoms with E-state index in [1.54, 1.807) is 0 Å². The molecule has 0 aliphatic carbocycles. The Labute approximate surface area is 107 Å². The first-order valence-electron chi connectivity index (χ1n) is 5.48. The molecule has 0 aliphatic heterocycles. The third-order valence-electron chi connectivity index (χ3n) is 2.30. The van der Waals surface area contributed by atoms with Gasteiger partial charge in [0.2, 0.25) is 0 Å². The molecule has 1 rings (SSSR count). The summed E-state index contributed by atoms with van der Waals surface area (Å²) in [5.74, 6) is -0.194. The van der Waals surface area contributed by atoms with E-state index < -0.39 is 23.7 Å². The van der Waals surface area contributed by atoms with Crippen LogP contribution in [0.3, 0.4) is 0 Å². The van der Waals surface area contributed by atoms with Crippen molar-refractivity contribution in [1.82, 2.24) is 0 Å². The van der Waals surface area contributed by atoms with Crippen LogP contribution in [0.1, 0.15) is 30.6 Å². The molecule has 0 bridgehead atoms. The lowest BCUT2D eigenvalue weighted by molar-refractivity contribution is -0.140. The summed E-state index contributed by atoms with van der Waals surface area (Å²) in [6.07, 6.45) is -4.83. The van der Waals surface area contributed by atoms with Crippen molar-refractivity contribution in [1.29, 1.82) is 0 Å². The van der Waals surface area contributed by atoms with Crippen molar-refractivity contribution >= 4 is 11.8 Å². The minimum atomic E-state index is -4.74. The van der Waals surface area contributed by atoms with Crippen LogP contribution in [0.15, 0.2) is 18.2 Å². The molecule has 1 nitrogen and oxygen atoms in total. The van der Waals surface area contributed by atoms with Crippen LogP contribution in [-0.4, -0.2) is 16.6 Å². The van der Waals surface area contributed by atoms with Crippen molar-refractivity contribution in [3.05, 3.63) is 35.1 Å². The van der Waals surface area contributed by atoms with Gasteiger partial charge in [-0.2, -0.15) is 24.9 Å². The van der Waals surface area contributed by atoms with Crippen molar-refractivity contribution in [2.75, 3.05) is 11.5 Å². The van der Waals surface area contributed by atoms with Gasteiger partial charge in [-0.3, -0.25) is 0 Å². The van der Waals surface area contributed by atoms with Gasteiger partial charge in [0.1, 0.15) is 5.82 Å². The fourth-order valence-electron chi connectivity index (χ4n) is 1.40. The van der Waals surface area contributed by atoms with E-state index in [-0.39, 0.29) is 5.56 Å². The zero-order chi connectivity index (χ0) is 13.8. The molecule has 0 amide bonds. The van der Waals surface area contributed by atoms with Gasteiger partial charge in [0.25, 0.3) is 0 Å². The molecule has 0 radical (unpaired) electrons. The molecule has 0 saturated carbocycles. The maximum Gasteiger partial charge on any atom is 0.419 e. The monoisotopic (exact) mass is 282 g/mol. The molecule has 1 atom stereocenters. The Morgan fingerprint density at radius 3 is 2.56 bits per heavy atom. The highest BCUT2D eigenvalue weighted by atomic mass is 32.2. The fourth-order valence-corrected chi connectivity index (χ4v) is 2.27. The van der Waals surface area contributed by atoms with Crippen LogP contribution in [0.25, 0.3) is 0 Å². The normalized spacial score (nSPS) is 13.7. The van der Waals surface area contributed by atoms with Crippen molar-refractivity contribution in [2.24, 2.45) is 0 Å². The lowest BCUT2D eigenvalue weighted by Gasteiger charge is -2.14. The van der Waals surface area contributed by atoms with Crippen LogP contribution in [0, 0.1) is 5.82 Å². The summed E-state index contributed by atoms with van der Waals surface area (Å²) < 4.78 is 50.4. The summed E-state index contributed by atoms with van der Waals surface area (Å²) in [5.41, 5.74) is -1.24. The van der Waals surface area contributed by atoms with E-state index >= 15 is 0 Å². The third kappa shape index (κ3) is 4.17. The van der Waals surface area contributed by atoms with Gasteiger partial charge in [-0.1, -0.05) is 13.0 Å². The summed E-state index contributed by atoms with van der Waals surface area (Å²) in [4.78, 5) is 0. The summed E-state index contributed by atoms with van der Waals surface area (Å²) in [7, 11) is 0. The molecule has 0 fully saturated rings. The topological polar surface area (TPSA) is 20.2 Å². The lowest BCUT2D eigenvalue weighted by atomic mass is 10.1. The van der Waals surface area contributed by atoms with Crippen molar-refractivity contribution in [3.8, 4) is 0 Å². The second-order valence-electron chi connectivity index (χ2n) is 3.83. The number of hydrogen-bond acceptors (Lipinski definition) is 2. The van der Waals surface area contributed by atoms with Crippen LogP contribution in [0.4, 0.5) is 17.6 Å². The predicted octanol–water partition coefficient (Wildman–Crippen LogP) is 4.02. The van der Waals surface area contributed by atoms with E-state index in [4.69, 9.17) is 0 Å². The SMILES string of the molecule is CCCSCC(O)c1ccc(F)c(C(F)(F)F)c1. The van der Waals surface area contributed by atoms with E-state index in [2.05, 4.69) is 0 Å². The van der Waals surface area contributed by atoms with Gasteiger partial charge in [0.15, 0.2) is 0 Å². The zero-order valence-corrected chi connectivity index (χ0v) is 10.6. The Morgan fingerprint density at radius 2 is 2.00 bits per heavy atom. The summed E-state index contributed by atoms with van der Waals surface area (Å²) >= 11 is 1.45. The predicted molar refractivity (Wildman–Crippen MR) is 64.0 cm³/mol. The minimum absolute atomic E-state index is 0.0901. The van der Waals surface area contributed by atoms with E-state index in [0.29, 0.717) is 11.8 Å². The standard InChI is InChI=1S/C12H14F4OS/c1-2-5-18-7-11(17)8-3-4-10(13)9(6-8)12(14,15)16/h3-4,6,11,17H,2,5,7H2,1H3. The highest BCUT2D eigenvalue weighted by Gasteiger charge is 2.34. The zero-order valence-electron chi connectivity index (χ0n) is 9.80. The number of thioether (sulfide) groups is 1. The maximum atomic E-state index is 13.0. The number of aliphatic hydroxyl groups excluding tert-OH is 1. The summed E-state index contributed by atoms with van der Waals surface area (Å²) in [6, 6.07) is 2.60. The third-order valence-corrected chi connectivity index (χ3v) is 3.55. The first kappa shape index (κ1) is 15.3. The Balaban J connectivity index is 2.84. The average Bonchev–Trinajstić information content (AvgIpc) is 2.28. The Morgan fingerprint density at radius 1 is 1.33 bits per heavy atom. The highest BCUT2D eigenvalue weighted by molar-refractivity contribution is 7.99. The largest absolute Gasteiger partial charge is 0.419 e. The van der Waals surface area contributed by atoms with Crippen LogP contribution >= 0.6 is 11.8 Å². The van der Waals surface area contributed by atoms with E-state index in [9.17, 15) is 22.7 Å². The maximum absolute atomic E-state index is 13.0. The quantitative estimate of drug-likeness (QED) is 0.650. The van der Waals surface area contributed by atoms with Crippen LogP contribution < -0.4 is 0 Å². The molecule has 0 aromatic heterocycles. The van der Waals surface area contributed by atoms with E-state index in [1.165, 1.54) is 17.8 Å². The summed E-state index contributed by atoms with van der Waals surface area (Å²) in [5, 5.41) is 9.72. The van der Waals surface area contributed by atoms with E-state index in [0.717, 1.165) is 18.2 Å². The van der Waals surface area contributed by atoms with Gasteiger partial charge in [-0.25, -0.2) is 4.39 Å². The number of halogens is 4. The first-order valence-corrected chi connectivity index (χ1v) is 6.64. The van der Waals surface area contributed by atoms with Crippen LogP contribution in [0.2, 0.25) is 0 Å². The molecule has 0 spiro atoms. The molecule has 0 heterocycles. The van der Waals surface area contributed by atoms with Crippen molar-refractivity contribution < 1.29 is 22.7 Å². The van der Waals surface area contributed by atoms with Crippen molar-refractivity contribution in [2.45, 2.75) is 25.6 Å². The molecule has 0 saturated heterocycles. The molecule has 6 heteroatoms. The molecule has 18 heavy (non-hydrogen) atoms. The molecule has 1 aromatic carbocycles.